The third kappa shape index (κ3) is 3.24. The molecule has 23 heavy (non-hydrogen) atoms. The lowest BCUT2D eigenvalue weighted by atomic mass is 10.3. The van der Waals surface area contributed by atoms with E-state index in [1.807, 2.05) is 0 Å². The smallest absolute Gasteiger partial charge is 0.264 e. The van der Waals surface area contributed by atoms with Crippen LogP contribution in [-0.4, -0.2) is 27.1 Å². The maximum atomic E-state index is 12.8. The van der Waals surface area contributed by atoms with Crippen LogP contribution in [0.15, 0.2) is 56.7 Å². The average Bonchev–Trinajstić information content (AvgIpc) is 2.54. The largest absolute Gasteiger partial charge is 0.324 e. The first-order chi connectivity index (χ1) is 10.9. The van der Waals surface area contributed by atoms with Crippen molar-refractivity contribution in [2.75, 3.05) is 22.4 Å². The Morgan fingerprint density at radius 1 is 1.17 bits per heavy atom. The average molecular weight is 413 g/mol. The Hall–Kier alpha value is -1.51. The number of thioether (sulfide) groups is 1. The molecular weight excluding hydrogens is 400 g/mol. The van der Waals surface area contributed by atoms with Crippen LogP contribution in [-0.2, 0) is 14.8 Å². The summed E-state index contributed by atoms with van der Waals surface area (Å²) in [6, 6.07) is 11.8. The summed E-state index contributed by atoms with van der Waals surface area (Å²) in [5.74, 6) is 0.219. The molecular formula is C15H13BrN2O3S2. The molecule has 5 nitrogen and oxygen atoms in total. The van der Waals surface area contributed by atoms with E-state index in [2.05, 4.69) is 21.2 Å². The van der Waals surface area contributed by atoms with Gasteiger partial charge in [0.2, 0.25) is 5.91 Å². The van der Waals surface area contributed by atoms with Crippen molar-refractivity contribution in [1.82, 2.24) is 0 Å². The van der Waals surface area contributed by atoms with E-state index in [4.69, 9.17) is 0 Å². The van der Waals surface area contributed by atoms with Gasteiger partial charge in [-0.15, -0.1) is 11.8 Å². The molecule has 0 aliphatic carbocycles. The number of carbonyl (C=O) groups is 1. The number of nitrogens with zero attached hydrogens (tertiary/aromatic N) is 1. The summed E-state index contributed by atoms with van der Waals surface area (Å²) >= 11 is 4.72. The Morgan fingerprint density at radius 2 is 1.87 bits per heavy atom. The molecule has 2 aromatic carbocycles. The normalized spacial score (nSPS) is 14.1. The lowest BCUT2D eigenvalue weighted by Crippen LogP contribution is -2.27. The van der Waals surface area contributed by atoms with Gasteiger partial charge in [-0.3, -0.25) is 9.10 Å². The fourth-order valence-corrected chi connectivity index (χ4v) is 4.45. The molecule has 0 unspecified atom stereocenters. The molecule has 1 N–H and O–H groups in total. The number of amides is 1. The number of benzene rings is 2. The maximum Gasteiger partial charge on any atom is 0.264 e. The molecule has 1 heterocycles. The highest BCUT2D eigenvalue weighted by atomic mass is 79.9. The van der Waals surface area contributed by atoms with Gasteiger partial charge in [0.05, 0.1) is 22.0 Å². The summed E-state index contributed by atoms with van der Waals surface area (Å²) in [7, 11) is -2.19. The van der Waals surface area contributed by atoms with Crippen molar-refractivity contribution in [3.63, 3.8) is 0 Å². The third-order valence-electron chi connectivity index (χ3n) is 3.43. The highest BCUT2D eigenvalue weighted by Gasteiger charge is 2.24. The summed E-state index contributed by atoms with van der Waals surface area (Å²) in [5, 5.41) is 2.71. The van der Waals surface area contributed by atoms with E-state index >= 15 is 0 Å². The molecule has 3 rings (SSSR count). The summed E-state index contributed by atoms with van der Waals surface area (Å²) in [6.45, 7) is 0. The zero-order chi connectivity index (χ0) is 16.6. The molecule has 0 fully saturated rings. The van der Waals surface area contributed by atoms with Crippen molar-refractivity contribution < 1.29 is 13.2 Å². The molecule has 1 amide bonds. The molecule has 0 saturated carbocycles. The number of rotatable bonds is 3. The van der Waals surface area contributed by atoms with E-state index in [-0.39, 0.29) is 10.8 Å². The molecule has 120 valence electrons. The van der Waals surface area contributed by atoms with E-state index < -0.39 is 10.0 Å². The zero-order valence-corrected chi connectivity index (χ0v) is 15.3. The van der Waals surface area contributed by atoms with Gasteiger partial charge in [-0.1, -0.05) is 15.9 Å². The number of hydrogen-bond donors (Lipinski definition) is 1. The minimum Gasteiger partial charge on any atom is -0.324 e. The van der Waals surface area contributed by atoms with Gasteiger partial charge in [-0.2, -0.15) is 0 Å². The number of anilines is 2. The second-order valence-corrected chi connectivity index (χ2v) is 8.85. The van der Waals surface area contributed by atoms with Crippen molar-refractivity contribution in [3.05, 3.63) is 46.9 Å². The Kier molecular flexibility index (Phi) is 4.39. The molecule has 2 aromatic rings. The quantitative estimate of drug-likeness (QED) is 0.839. The van der Waals surface area contributed by atoms with Crippen LogP contribution in [0.4, 0.5) is 11.4 Å². The first kappa shape index (κ1) is 16.4. The second kappa shape index (κ2) is 6.18. The van der Waals surface area contributed by atoms with E-state index in [0.29, 0.717) is 17.1 Å². The molecule has 0 spiro atoms. The molecule has 0 radical (unpaired) electrons. The molecule has 1 aliphatic heterocycles. The predicted molar refractivity (Wildman–Crippen MR) is 95.5 cm³/mol. The summed E-state index contributed by atoms with van der Waals surface area (Å²) in [4.78, 5) is 12.5. The summed E-state index contributed by atoms with van der Waals surface area (Å²) in [5.41, 5.74) is 1.10. The summed E-state index contributed by atoms with van der Waals surface area (Å²) in [6.07, 6.45) is 0. The number of sulfonamides is 1. The first-order valence-electron chi connectivity index (χ1n) is 6.69. The second-order valence-electron chi connectivity index (χ2n) is 4.94. The van der Waals surface area contributed by atoms with Gasteiger partial charge < -0.3 is 5.32 Å². The Balaban J connectivity index is 1.98. The molecule has 8 heteroatoms. The Labute approximate surface area is 147 Å². The van der Waals surface area contributed by atoms with Gasteiger partial charge in [0.1, 0.15) is 0 Å². The number of hydrogen-bond acceptors (Lipinski definition) is 4. The standard InChI is InChI=1S/C15H13BrN2O3S2/c1-18(11-4-2-10(16)3-5-11)23(20,21)12-6-7-14-13(8-12)17-15(19)9-22-14/h2-8H,9H2,1H3,(H,17,19). The number of nitrogens with one attached hydrogen (secondary N) is 1. The minimum atomic E-state index is -3.70. The van der Waals surface area contributed by atoms with Crippen LogP contribution >= 0.6 is 27.7 Å². The molecule has 0 aromatic heterocycles. The van der Waals surface area contributed by atoms with E-state index in [9.17, 15) is 13.2 Å². The number of carbonyl (C=O) groups excluding carboxylic acids is 1. The molecule has 0 saturated heterocycles. The third-order valence-corrected chi connectivity index (χ3v) is 6.82. The lowest BCUT2D eigenvalue weighted by molar-refractivity contribution is -0.113. The molecule has 0 bridgehead atoms. The van der Waals surface area contributed by atoms with Gasteiger partial charge >= 0.3 is 0 Å². The highest BCUT2D eigenvalue weighted by Crippen LogP contribution is 2.34. The van der Waals surface area contributed by atoms with Crippen LogP contribution in [0.25, 0.3) is 0 Å². The van der Waals surface area contributed by atoms with Gasteiger partial charge in [-0.25, -0.2) is 8.42 Å². The van der Waals surface area contributed by atoms with Crippen LogP contribution in [0.1, 0.15) is 0 Å². The lowest BCUT2D eigenvalue weighted by Gasteiger charge is -2.22. The highest BCUT2D eigenvalue weighted by molar-refractivity contribution is 9.10. The van der Waals surface area contributed by atoms with Crippen molar-refractivity contribution in [2.45, 2.75) is 9.79 Å². The van der Waals surface area contributed by atoms with Crippen molar-refractivity contribution in [3.8, 4) is 0 Å². The van der Waals surface area contributed by atoms with E-state index in [0.717, 1.165) is 9.37 Å². The van der Waals surface area contributed by atoms with Gasteiger partial charge in [0, 0.05) is 16.4 Å². The zero-order valence-electron chi connectivity index (χ0n) is 12.1. The van der Waals surface area contributed by atoms with Crippen LogP contribution < -0.4 is 9.62 Å². The summed E-state index contributed by atoms with van der Waals surface area (Å²) < 4.78 is 27.7. The molecule has 0 atom stereocenters. The van der Waals surface area contributed by atoms with Crippen LogP contribution in [0.2, 0.25) is 0 Å². The fraction of sp³-hybridized carbons (Fsp3) is 0.133. The van der Waals surface area contributed by atoms with Crippen molar-refractivity contribution in [1.29, 1.82) is 0 Å². The Bertz CT molecular complexity index is 867. The van der Waals surface area contributed by atoms with Crippen LogP contribution in [0.3, 0.4) is 0 Å². The minimum absolute atomic E-state index is 0.127. The monoisotopic (exact) mass is 412 g/mol. The van der Waals surface area contributed by atoms with Crippen LogP contribution in [0, 0.1) is 0 Å². The van der Waals surface area contributed by atoms with E-state index in [1.54, 1.807) is 36.4 Å². The number of fused-ring (bicyclic) bond motifs is 1. The maximum absolute atomic E-state index is 12.8. The number of halogens is 1. The van der Waals surface area contributed by atoms with Gasteiger partial charge in [0.25, 0.3) is 10.0 Å². The van der Waals surface area contributed by atoms with Crippen molar-refractivity contribution >= 4 is 55.0 Å². The van der Waals surface area contributed by atoms with Gasteiger partial charge in [-0.05, 0) is 42.5 Å². The Morgan fingerprint density at radius 3 is 2.57 bits per heavy atom. The molecule has 1 aliphatic rings. The van der Waals surface area contributed by atoms with Crippen molar-refractivity contribution in [2.24, 2.45) is 0 Å². The first-order valence-corrected chi connectivity index (χ1v) is 9.91. The fourth-order valence-electron chi connectivity index (χ4n) is 2.17. The van der Waals surface area contributed by atoms with E-state index in [1.165, 1.54) is 29.2 Å². The topological polar surface area (TPSA) is 66.5 Å². The SMILES string of the molecule is CN(c1ccc(Br)cc1)S(=O)(=O)c1ccc2c(c1)NC(=O)CS2. The van der Waals surface area contributed by atoms with Gasteiger partial charge in [0.15, 0.2) is 0 Å². The van der Waals surface area contributed by atoms with Crippen LogP contribution in [0.5, 0.6) is 0 Å². The predicted octanol–water partition coefficient (Wildman–Crippen LogP) is 3.32.